The summed E-state index contributed by atoms with van der Waals surface area (Å²) in [6, 6.07) is 4.13. The predicted octanol–water partition coefficient (Wildman–Crippen LogP) is 3.51. The molecule has 1 fully saturated rings. The Balaban J connectivity index is 0.00000338. The second-order valence-electron chi connectivity index (χ2n) is 6.33. The third-order valence-electron chi connectivity index (χ3n) is 4.78. The largest absolute Gasteiger partial charge is 0.357 e. The molecular weight excluding hydrogens is 449 g/mol. The second-order valence-corrected chi connectivity index (χ2v) is 6.33. The number of nitrogens with one attached hydrogen (secondary N) is 1. The van der Waals surface area contributed by atoms with Gasteiger partial charge >= 0.3 is 0 Å². The number of aliphatic imine (C=N–C) groups is 1. The van der Waals surface area contributed by atoms with Gasteiger partial charge in [-0.1, -0.05) is 13.8 Å². The van der Waals surface area contributed by atoms with Gasteiger partial charge in [-0.25, -0.2) is 8.78 Å². The fourth-order valence-corrected chi connectivity index (χ4v) is 3.42. The molecule has 1 N–H and O–H groups in total. The molecule has 0 radical (unpaired) electrons. The van der Waals surface area contributed by atoms with Gasteiger partial charge in [0.05, 0.1) is 0 Å². The molecule has 148 valence electrons. The van der Waals surface area contributed by atoms with Gasteiger partial charge in [0.1, 0.15) is 11.6 Å². The number of rotatable bonds is 7. The van der Waals surface area contributed by atoms with Gasteiger partial charge in [-0.15, -0.1) is 24.0 Å². The minimum absolute atomic E-state index is 0. The lowest BCUT2D eigenvalue weighted by Gasteiger charge is -2.27. The van der Waals surface area contributed by atoms with Crippen LogP contribution in [0.2, 0.25) is 0 Å². The third kappa shape index (κ3) is 6.33. The molecule has 0 saturated carbocycles. The first-order chi connectivity index (χ1) is 12.1. The highest BCUT2D eigenvalue weighted by molar-refractivity contribution is 14.0. The summed E-state index contributed by atoms with van der Waals surface area (Å²) in [5.74, 6) is 0.0900. The average molecular weight is 480 g/mol. The van der Waals surface area contributed by atoms with Crippen LogP contribution >= 0.6 is 24.0 Å². The van der Waals surface area contributed by atoms with Gasteiger partial charge in [0.2, 0.25) is 0 Å². The lowest BCUT2D eigenvalue weighted by atomic mass is 10.1. The number of hydrogen-bond acceptors (Lipinski definition) is 2. The fraction of sp³-hybridized carbons (Fsp3) is 0.632. The molecule has 7 heteroatoms. The Morgan fingerprint density at radius 3 is 2.65 bits per heavy atom. The molecule has 1 heterocycles. The number of likely N-dealkylation sites (tertiary alicyclic amines) is 1. The van der Waals surface area contributed by atoms with Crippen LogP contribution in [0.25, 0.3) is 0 Å². The highest BCUT2D eigenvalue weighted by Gasteiger charge is 2.27. The molecule has 1 unspecified atom stereocenters. The second kappa shape index (κ2) is 11.7. The molecule has 0 aliphatic carbocycles. The summed E-state index contributed by atoms with van der Waals surface area (Å²) in [5.41, 5.74) is 0.377. The molecule has 0 amide bonds. The minimum Gasteiger partial charge on any atom is -0.357 e. The summed E-state index contributed by atoms with van der Waals surface area (Å²) in [5, 5.41) is 3.32. The quantitative estimate of drug-likeness (QED) is 0.368. The van der Waals surface area contributed by atoms with Crippen molar-refractivity contribution in [1.82, 2.24) is 15.1 Å². The van der Waals surface area contributed by atoms with E-state index in [1.807, 2.05) is 6.92 Å². The molecule has 1 saturated heterocycles. The van der Waals surface area contributed by atoms with Gasteiger partial charge in [-0.2, -0.15) is 0 Å². The SMILES string of the molecule is CCNC(=NCCc1cc(F)ccc1F)N1CCC(N(CC)CC)C1.I. The number of hydrogen-bond donors (Lipinski definition) is 1. The summed E-state index contributed by atoms with van der Waals surface area (Å²) < 4.78 is 27.0. The van der Waals surface area contributed by atoms with Crippen molar-refractivity contribution in [2.45, 2.75) is 39.7 Å². The smallest absolute Gasteiger partial charge is 0.193 e. The number of benzene rings is 1. The highest BCUT2D eigenvalue weighted by Crippen LogP contribution is 2.16. The fourth-order valence-electron chi connectivity index (χ4n) is 3.42. The van der Waals surface area contributed by atoms with Crippen molar-refractivity contribution < 1.29 is 8.78 Å². The maximum absolute atomic E-state index is 13.7. The van der Waals surface area contributed by atoms with Crippen LogP contribution in [0.4, 0.5) is 8.78 Å². The van der Waals surface area contributed by atoms with Crippen molar-refractivity contribution in [3.63, 3.8) is 0 Å². The van der Waals surface area contributed by atoms with Gasteiger partial charge in [0.15, 0.2) is 5.96 Å². The summed E-state index contributed by atoms with van der Waals surface area (Å²) in [6.45, 7) is 11.7. The van der Waals surface area contributed by atoms with Gasteiger partial charge in [0, 0.05) is 32.2 Å². The molecule has 0 bridgehead atoms. The Kier molecular flexibility index (Phi) is 10.4. The standard InChI is InChI=1S/C19H30F2N4.HI/c1-4-22-19(25-12-10-17(14-25)24(5-2)6-3)23-11-9-15-13-16(20)7-8-18(15)21;/h7-8,13,17H,4-6,9-12,14H2,1-3H3,(H,22,23);1H. The zero-order valence-electron chi connectivity index (χ0n) is 16.0. The Hall–Kier alpha value is -0.960. The zero-order valence-corrected chi connectivity index (χ0v) is 18.3. The van der Waals surface area contributed by atoms with Crippen LogP contribution in [-0.2, 0) is 6.42 Å². The first kappa shape index (κ1) is 23.1. The lowest BCUT2D eigenvalue weighted by Crippen LogP contribution is -2.43. The third-order valence-corrected chi connectivity index (χ3v) is 4.78. The normalized spacial score (nSPS) is 17.5. The van der Waals surface area contributed by atoms with Crippen molar-refractivity contribution in [2.24, 2.45) is 4.99 Å². The number of likely N-dealkylation sites (N-methyl/N-ethyl adjacent to an activating group) is 1. The van der Waals surface area contributed by atoms with Crippen molar-refractivity contribution in [1.29, 1.82) is 0 Å². The van der Waals surface area contributed by atoms with E-state index >= 15 is 0 Å². The van der Waals surface area contributed by atoms with Crippen LogP contribution in [0, 0.1) is 11.6 Å². The Morgan fingerprint density at radius 2 is 2.00 bits per heavy atom. The summed E-state index contributed by atoms with van der Waals surface area (Å²) in [6.07, 6.45) is 1.52. The van der Waals surface area contributed by atoms with Crippen molar-refractivity contribution in [3.05, 3.63) is 35.4 Å². The van der Waals surface area contributed by atoms with E-state index in [0.29, 0.717) is 24.6 Å². The Labute approximate surface area is 173 Å². The van der Waals surface area contributed by atoms with E-state index < -0.39 is 5.82 Å². The molecule has 26 heavy (non-hydrogen) atoms. The first-order valence-corrected chi connectivity index (χ1v) is 9.30. The molecule has 0 spiro atoms. The molecule has 0 aromatic heterocycles. The van der Waals surface area contributed by atoms with Gasteiger partial charge in [0.25, 0.3) is 0 Å². The van der Waals surface area contributed by atoms with Crippen LogP contribution in [0.15, 0.2) is 23.2 Å². The topological polar surface area (TPSA) is 30.9 Å². The highest BCUT2D eigenvalue weighted by atomic mass is 127. The van der Waals surface area contributed by atoms with E-state index in [0.717, 1.165) is 51.2 Å². The predicted molar refractivity (Wildman–Crippen MR) is 114 cm³/mol. The molecule has 1 aliphatic heterocycles. The van der Waals surface area contributed by atoms with Gasteiger partial charge in [-0.05, 0) is 56.6 Å². The maximum atomic E-state index is 13.7. The van der Waals surface area contributed by atoms with Crippen molar-refractivity contribution in [3.8, 4) is 0 Å². The van der Waals surface area contributed by atoms with E-state index in [-0.39, 0.29) is 29.8 Å². The van der Waals surface area contributed by atoms with Crippen LogP contribution in [0.1, 0.15) is 32.8 Å². The molecule has 1 aromatic rings. The average Bonchev–Trinajstić information content (AvgIpc) is 3.08. The zero-order chi connectivity index (χ0) is 18.2. The Morgan fingerprint density at radius 1 is 1.27 bits per heavy atom. The minimum atomic E-state index is -0.408. The number of nitrogens with zero attached hydrogens (tertiary/aromatic N) is 3. The molecular formula is C19H31F2IN4. The van der Waals surface area contributed by atoms with E-state index in [4.69, 9.17) is 0 Å². The number of halogens is 3. The van der Waals surface area contributed by atoms with Crippen LogP contribution in [-0.4, -0.2) is 61.1 Å². The van der Waals surface area contributed by atoms with Crippen molar-refractivity contribution in [2.75, 3.05) is 39.3 Å². The molecule has 1 atom stereocenters. The summed E-state index contributed by atoms with van der Waals surface area (Å²) in [7, 11) is 0. The van der Waals surface area contributed by atoms with E-state index in [1.54, 1.807) is 0 Å². The van der Waals surface area contributed by atoms with Gasteiger partial charge in [-0.3, -0.25) is 9.89 Å². The molecule has 1 aromatic carbocycles. The Bertz CT molecular complexity index is 579. The molecule has 4 nitrogen and oxygen atoms in total. The van der Waals surface area contributed by atoms with E-state index in [9.17, 15) is 8.78 Å². The van der Waals surface area contributed by atoms with E-state index in [2.05, 4.69) is 34.0 Å². The molecule has 2 rings (SSSR count). The van der Waals surface area contributed by atoms with Crippen LogP contribution < -0.4 is 5.32 Å². The molecule has 1 aliphatic rings. The monoisotopic (exact) mass is 480 g/mol. The summed E-state index contributed by atoms with van der Waals surface area (Å²) in [4.78, 5) is 9.38. The van der Waals surface area contributed by atoms with Crippen LogP contribution in [0.3, 0.4) is 0 Å². The lowest BCUT2D eigenvalue weighted by molar-refractivity contribution is 0.223. The summed E-state index contributed by atoms with van der Waals surface area (Å²) >= 11 is 0. The van der Waals surface area contributed by atoms with Gasteiger partial charge < -0.3 is 10.2 Å². The number of guanidine groups is 1. The maximum Gasteiger partial charge on any atom is 0.193 e. The van der Waals surface area contributed by atoms with E-state index in [1.165, 1.54) is 12.1 Å². The van der Waals surface area contributed by atoms with Crippen molar-refractivity contribution >= 4 is 29.9 Å². The van der Waals surface area contributed by atoms with Crippen LogP contribution in [0.5, 0.6) is 0 Å². The first-order valence-electron chi connectivity index (χ1n) is 9.30.